The fourth-order valence-corrected chi connectivity index (χ4v) is 2.31. The van der Waals surface area contributed by atoms with Crippen molar-refractivity contribution in [1.29, 1.82) is 0 Å². The maximum Gasteiger partial charge on any atom is 0.142 e. The van der Waals surface area contributed by atoms with Crippen LogP contribution in [-0.4, -0.2) is 12.2 Å². The molecule has 0 fully saturated rings. The summed E-state index contributed by atoms with van der Waals surface area (Å²) in [6, 6.07) is 11.7. The maximum atomic E-state index is 13.4. The van der Waals surface area contributed by atoms with Crippen LogP contribution >= 0.6 is 11.6 Å². The number of rotatable bonds is 4. The minimum atomic E-state index is -1.16. The molecule has 0 saturated carbocycles. The second-order valence-corrected chi connectivity index (χ2v) is 5.27. The second-order valence-electron chi connectivity index (χ2n) is 4.90. The monoisotopic (exact) mass is 294 g/mol. The van der Waals surface area contributed by atoms with Crippen molar-refractivity contribution in [2.75, 3.05) is 7.11 Å². The number of hydrogen-bond acceptors (Lipinski definition) is 2. The van der Waals surface area contributed by atoms with Gasteiger partial charge in [-0.3, -0.25) is 0 Å². The molecule has 0 radical (unpaired) electrons. The van der Waals surface area contributed by atoms with Gasteiger partial charge >= 0.3 is 0 Å². The van der Waals surface area contributed by atoms with Crippen molar-refractivity contribution in [1.82, 2.24) is 0 Å². The molecule has 106 valence electrons. The molecule has 0 heterocycles. The first-order valence-corrected chi connectivity index (χ1v) is 6.61. The first-order valence-electron chi connectivity index (χ1n) is 6.24. The topological polar surface area (TPSA) is 29.5 Å². The molecule has 0 aliphatic carbocycles. The lowest BCUT2D eigenvalue weighted by atomic mass is 9.89. The third kappa shape index (κ3) is 3.11. The largest absolute Gasteiger partial charge is 0.497 e. The van der Waals surface area contributed by atoms with Crippen molar-refractivity contribution in [2.45, 2.75) is 18.9 Å². The van der Waals surface area contributed by atoms with Gasteiger partial charge in [0, 0.05) is 6.42 Å². The highest BCUT2D eigenvalue weighted by Crippen LogP contribution is 2.31. The van der Waals surface area contributed by atoms with E-state index in [2.05, 4.69) is 0 Å². The van der Waals surface area contributed by atoms with Crippen LogP contribution in [0.1, 0.15) is 18.1 Å². The fraction of sp³-hybridized carbons (Fsp3) is 0.250. The van der Waals surface area contributed by atoms with Crippen LogP contribution in [0, 0.1) is 5.82 Å². The normalized spacial score (nSPS) is 13.8. The summed E-state index contributed by atoms with van der Waals surface area (Å²) in [5.41, 5.74) is 0.100. The minimum absolute atomic E-state index is 0.0515. The molecule has 1 atom stereocenters. The molecule has 0 amide bonds. The summed E-state index contributed by atoms with van der Waals surface area (Å²) >= 11 is 5.93. The molecule has 0 saturated heterocycles. The molecule has 2 rings (SSSR count). The van der Waals surface area contributed by atoms with E-state index in [0.29, 0.717) is 16.9 Å². The summed E-state index contributed by atoms with van der Waals surface area (Å²) in [4.78, 5) is 0. The van der Waals surface area contributed by atoms with Crippen molar-refractivity contribution in [3.63, 3.8) is 0 Å². The number of aliphatic hydroxyl groups is 1. The third-order valence-electron chi connectivity index (χ3n) is 3.26. The van der Waals surface area contributed by atoms with E-state index in [9.17, 15) is 9.50 Å². The van der Waals surface area contributed by atoms with Crippen LogP contribution in [0.4, 0.5) is 4.39 Å². The highest BCUT2D eigenvalue weighted by atomic mass is 35.5. The molecule has 0 aromatic heterocycles. The lowest BCUT2D eigenvalue weighted by Gasteiger charge is -2.25. The first-order chi connectivity index (χ1) is 9.44. The van der Waals surface area contributed by atoms with E-state index in [-0.39, 0.29) is 11.4 Å². The zero-order valence-corrected chi connectivity index (χ0v) is 12.1. The van der Waals surface area contributed by atoms with Crippen LogP contribution in [0.3, 0.4) is 0 Å². The molecule has 0 bridgehead atoms. The van der Waals surface area contributed by atoms with Gasteiger partial charge in [-0.1, -0.05) is 35.9 Å². The van der Waals surface area contributed by atoms with Gasteiger partial charge in [0.05, 0.1) is 17.7 Å². The quantitative estimate of drug-likeness (QED) is 0.925. The predicted octanol–water partition coefficient (Wildman–Crippen LogP) is 3.94. The average molecular weight is 295 g/mol. The van der Waals surface area contributed by atoms with Gasteiger partial charge in [-0.25, -0.2) is 4.39 Å². The Morgan fingerprint density at radius 1 is 1.25 bits per heavy atom. The van der Waals surface area contributed by atoms with Gasteiger partial charge in [0.25, 0.3) is 0 Å². The molecule has 2 aromatic carbocycles. The standard InChI is InChI=1S/C16H16ClFO2/c1-16(19,12-6-4-7-13(9-12)20-2)10-11-5-3-8-14(18)15(11)17/h3-9,19H,10H2,1-2H3. The third-order valence-corrected chi connectivity index (χ3v) is 3.68. The van der Waals surface area contributed by atoms with Crippen LogP contribution in [0.25, 0.3) is 0 Å². The smallest absolute Gasteiger partial charge is 0.142 e. The van der Waals surface area contributed by atoms with Crippen LogP contribution in [0.5, 0.6) is 5.75 Å². The Morgan fingerprint density at radius 3 is 2.65 bits per heavy atom. The van der Waals surface area contributed by atoms with E-state index in [1.54, 1.807) is 50.4 Å². The van der Waals surface area contributed by atoms with Gasteiger partial charge < -0.3 is 9.84 Å². The van der Waals surface area contributed by atoms with Crippen molar-refractivity contribution in [3.05, 3.63) is 64.4 Å². The summed E-state index contributed by atoms with van der Waals surface area (Å²) in [5, 5.41) is 10.7. The van der Waals surface area contributed by atoms with Crippen LogP contribution in [0.2, 0.25) is 5.02 Å². The summed E-state index contributed by atoms with van der Waals surface area (Å²) in [5.74, 6) is 0.179. The Hall–Kier alpha value is -1.58. The number of methoxy groups -OCH3 is 1. The van der Waals surface area contributed by atoms with E-state index >= 15 is 0 Å². The molecule has 0 aliphatic rings. The van der Waals surface area contributed by atoms with Gasteiger partial charge in [0.2, 0.25) is 0 Å². The van der Waals surface area contributed by atoms with E-state index < -0.39 is 11.4 Å². The lowest BCUT2D eigenvalue weighted by Crippen LogP contribution is -2.24. The van der Waals surface area contributed by atoms with Gasteiger partial charge in [-0.15, -0.1) is 0 Å². The van der Waals surface area contributed by atoms with Crippen LogP contribution < -0.4 is 4.74 Å². The summed E-state index contributed by atoms with van der Waals surface area (Å²) in [6.45, 7) is 1.67. The molecule has 1 unspecified atom stereocenters. The SMILES string of the molecule is COc1cccc(C(C)(O)Cc2cccc(F)c2Cl)c1. The molecule has 1 N–H and O–H groups in total. The van der Waals surface area contributed by atoms with Crippen molar-refractivity contribution in [2.24, 2.45) is 0 Å². The van der Waals surface area contributed by atoms with Gasteiger partial charge in [-0.05, 0) is 36.2 Å². The number of halogens is 2. The molecule has 4 heteroatoms. The summed E-state index contributed by atoms with van der Waals surface area (Å²) < 4.78 is 18.6. The Bertz CT molecular complexity index is 611. The highest BCUT2D eigenvalue weighted by Gasteiger charge is 2.25. The predicted molar refractivity (Wildman–Crippen MR) is 77.7 cm³/mol. The van der Waals surface area contributed by atoms with Crippen LogP contribution in [0.15, 0.2) is 42.5 Å². The second kappa shape index (κ2) is 5.81. The van der Waals surface area contributed by atoms with E-state index in [0.717, 1.165) is 0 Å². The number of hydrogen-bond donors (Lipinski definition) is 1. The van der Waals surface area contributed by atoms with Crippen molar-refractivity contribution in [3.8, 4) is 5.75 Å². The van der Waals surface area contributed by atoms with Gasteiger partial charge in [-0.2, -0.15) is 0 Å². The zero-order chi connectivity index (χ0) is 14.8. The Morgan fingerprint density at radius 2 is 1.95 bits per heavy atom. The average Bonchev–Trinajstić information content (AvgIpc) is 2.44. The zero-order valence-electron chi connectivity index (χ0n) is 11.4. The fourth-order valence-electron chi connectivity index (χ4n) is 2.12. The molecule has 2 nitrogen and oxygen atoms in total. The molecule has 0 spiro atoms. The van der Waals surface area contributed by atoms with Gasteiger partial charge in [0.15, 0.2) is 0 Å². The van der Waals surface area contributed by atoms with Crippen LogP contribution in [-0.2, 0) is 12.0 Å². The molecule has 2 aromatic rings. The Kier molecular flexibility index (Phi) is 4.31. The number of benzene rings is 2. The Balaban J connectivity index is 2.32. The maximum absolute atomic E-state index is 13.4. The molecular weight excluding hydrogens is 279 g/mol. The minimum Gasteiger partial charge on any atom is -0.497 e. The summed E-state index contributed by atoms with van der Waals surface area (Å²) in [7, 11) is 1.57. The lowest BCUT2D eigenvalue weighted by molar-refractivity contribution is 0.0573. The van der Waals surface area contributed by atoms with Crippen molar-refractivity contribution >= 4 is 11.6 Å². The first kappa shape index (κ1) is 14.8. The Labute approximate surface area is 122 Å². The summed E-state index contributed by atoms with van der Waals surface area (Å²) in [6.07, 6.45) is 0.219. The molecule has 20 heavy (non-hydrogen) atoms. The van der Waals surface area contributed by atoms with Crippen molar-refractivity contribution < 1.29 is 14.2 Å². The highest BCUT2D eigenvalue weighted by molar-refractivity contribution is 6.31. The molecule has 0 aliphatic heterocycles. The number of ether oxygens (including phenoxy) is 1. The van der Waals surface area contributed by atoms with E-state index in [4.69, 9.17) is 16.3 Å². The van der Waals surface area contributed by atoms with Gasteiger partial charge in [0.1, 0.15) is 11.6 Å². The van der Waals surface area contributed by atoms with E-state index in [1.165, 1.54) is 6.07 Å². The molecular formula is C16H16ClFO2. The van der Waals surface area contributed by atoms with E-state index in [1.807, 2.05) is 0 Å².